The lowest BCUT2D eigenvalue weighted by Gasteiger charge is -2.15. The fourth-order valence-corrected chi connectivity index (χ4v) is 4.07. The van der Waals surface area contributed by atoms with Crippen molar-refractivity contribution in [2.75, 3.05) is 18.5 Å². The van der Waals surface area contributed by atoms with Crippen LogP contribution in [0, 0.1) is 0 Å². The third-order valence-electron chi connectivity index (χ3n) is 5.72. The van der Waals surface area contributed by atoms with Crippen LogP contribution in [0.5, 0.6) is 0 Å². The van der Waals surface area contributed by atoms with Crippen LogP contribution in [0.3, 0.4) is 0 Å². The topological polar surface area (TPSA) is 125 Å². The van der Waals surface area contributed by atoms with Crippen molar-refractivity contribution in [1.82, 2.24) is 5.32 Å². The number of carbonyl (C=O) groups is 3. The Hall–Kier alpha value is -4.17. The first-order valence-corrected chi connectivity index (χ1v) is 10.8. The fourth-order valence-electron chi connectivity index (χ4n) is 4.07. The molecule has 2 amide bonds. The molecule has 0 radical (unpaired) electrons. The SMILES string of the molecule is O=C(Cc1ccc(NC(=O)OCC2c3ccccc3-c3ccccc32)cc1)NC(CO)C(=O)O. The van der Waals surface area contributed by atoms with Crippen molar-refractivity contribution in [3.63, 3.8) is 0 Å². The normalized spacial score (nSPS) is 12.9. The largest absolute Gasteiger partial charge is 0.480 e. The summed E-state index contributed by atoms with van der Waals surface area (Å²) in [5, 5.41) is 22.8. The van der Waals surface area contributed by atoms with E-state index in [1.165, 1.54) is 0 Å². The molecule has 1 aliphatic rings. The standard InChI is InChI=1S/C26H24N2O6/c29-14-23(25(31)32)28-24(30)13-16-9-11-17(12-10-16)27-26(33)34-15-22-20-7-3-1-5-18(20)19-6-2-4-8-21(19)22/h1-12,22-23,29H,13-15H2,(H,27,33)(H,28,30)(H,31,32). The summed E-state index contributed by atoms with van der Waals surface area (Å²) in [6.45, 7) is -0.488. The van der Waals surface area contributed by atoms with Crippen LogP contribution >= 0.6 is 0 Å². The fraction of sp³-hybridized carbons (Fsp3) is 0.192. The number of fused-ring (bicyclic) bond motifs is 3. The van der Waals surface area contributed by atoms with E-state index in [-0.39, 0.29) is 18.9 Å². The van der Waals surface area contributed by atoms with E-state index >= 15 is 0 Å². The third-order valence-corrected chi connectivity index (χ3v) is 5.72. The smallest absolute Gasteiger partial charge is 0.411 e. The van der Waals surface area contributed by atoms with Crippen molar-refractivity contribution >= 4 is 23.7 Å². The molecule has 0 saturated heterocycles. The average molecular weight is 460 g/mol. The molecule has 3 aromatic carbocycles. The number of amides is 2. The van der Waals surface area contributed by atoms with E-state index < -0.39 is 30.6 Å². The van der Waals surface area contributed by atoms with E-state index in [9.17, 15) is 14.4 Å². The van der Waals surface area contributed by atoms with Gasteiger partial charge in [-0.3, -0.25) is 10.1 Å². The van der Waals surface area contributed by atoms with E-state index in [0.29, 0.717) is 11.3 Å². The number of carboxylic acids is 1. The van der Waals surface area contributed by atoms with E-state index in [0.717, 1.165) is 22.3 Å². The van der Waals surface area contributed by atoms with Gasteiger partial charge >= 0.3 is 12.1 Å². The van der Waals surface area contributed by atoms with Gasteiger partial charge in [-0.2, -0.15) is 0 Å². The molecule has 3 aromatic rings. The second-order valence-corrected chi connectivity index (χ2v) is 7.97. The van der Waals surface area contributed by atoms with Crippen LogP contribution in [0.1, 0.15) is 22.6 Å². The summed E-state index contributed by atoms with van der Waals surface area (Å²) in [7, 11) is 0. The van der Waals surface area contributed by atoms with Crippen molar-refractivity contribution in [2.45, 2.75) is 18.4 Å². The molecule has 8 heteroatoms. The van der Waals surface area contributed by atoms with Gasteiger partial charge in [0.05, 0.1) is 13.0 Å². The average Bonchev–Trinajstić information content (AvgIpc) is 3.16. The quantitative estimate of drug-likeness (QED) is 0.409. The molecule has 1 atom stereocenters. The molecule has 1 aliphatic carbocycles. The predicted octanol–water partition coefficient (Wildman–Crippen LogP) is 3.15. The number of rotatable bonds is 8. The highest BCUT2D eigenvalue weighted by atomic mass is 16.5. The summed E-state index contributed by atoms with van der Waals surface area (Å²) in [4.78, 5) is 35.3. The molecule has 34 heavy (non-hydrogen) atoms. The second kappa shape index (κ2) is 10.2. The molecule has 0 fully saturated rings. The number of carboxylic acid groups (broad SMARTS) is 1. The first kappa shape index (κ1) is 23.0. The molecule has 0 bridgehead atoms. The Morgan fingerprint density at radius 3 is 2.03 bits per heavy atom. The Morgan fingerprint density at radius 1 is 0.882 bits per heavy atom. The number of benzene rings is 3. The summed E-state index contributed by atoms with van der Waals surface area (Å²) in [6, 6.07) is 21.4. The van der Waals surface area contributed by atoms with E-state index in [4.69, 9.17) is 14.9 Å². The minimum Gasteiger partial charge on any atom is -0.480 e. The lowest BCUT2D eigenvalue weighted by molar-refractivity contribution is -0.142. The van der Waals surface area contributed by atoms with Gasteiger partial charge in [0.25, 0.3) is 0 Å². The third kappa shape index (κ3) is 5.07. The van der Waals surface area contributed by atoms with Gasteiger partial charge < -0.3 is 20.3 Å². The van der Waals surface area contributed by atoms with Crippen molar-refractivity contribution < 1.29 is 29.3 Å². The molecule has 174 valence electrons. The van der Waals surface area contributed by atoms with Gasteiger partial charge in [0.1, 0.15) is 12.6 Å². The highest BCUT2D eigenvalue weighted by Crippen LogP contribution is 2.44. The maximum absolute atomic E-state index is 12.4. The van der Waals surface area contributed by atoms with Gasteiger partial charge in [0.15, 0.2) is 0 Å². The number of nitrogens with one attached hydrogen (secondary N) is 2. The van der Waals surface area contributed by atoms with Crippen LogP contribution in [0.15, 0.2) is 72.8 Å². The van der Waals surface area contributed by atoms with Gasteiger partial charge in [-0.25, -0.2) is 9.59 Å². The molecule has 0 heterocycles. The van der Waals surface area contributed by atoms with Crippen LogP contribution < -0.4 is 10.6 Å². The molecular formula is C26H24N2O6. The lowest BCUT2D eigenvalue weighted by atomic mass is 9.98. The van der Waals surface area contributed by atoms with Gasteiger partial charge in [-0.15, -0.1) is 0 Å². The zero-order chi connectivity index (χ0) is 24.1. The van der Waals surface area contributed by atoms with E-state index in [1.807, 2.05) is 24.3 Å². The number of hydrogen-bond acceptors (Lipinski definition) is 5. The molecule has 0 spiro atoms. The predicted molar refractivity (Wildman–Crippen MR) is 125 cm³/mol. The first-order chi connectivity index (χ1) is 16.5. The summed E-state index contributed by atoms with van der Waals surface area (Å²) in [5.74, 6) is -1.87. The Labute approximate surface area is 196 Å². The Kier molecular flexibility index (Phi) is 6.89. The zero-order valence-electron chi connectivity index (χ0n) is 18.2. The molecule has 4 N–H and O–H groups in total. The summed E-state index contributed by atoms with van der Waals surface area (Å²) >= 11 is 0. The summed E-state index contributed by atoms with van der Waals surface area (Å²) in [6.07, 6.45) is -0.644. The van der Waals surface area contributed by atoms with Crippen molar-refractivity contribution in [3.05, 3.63) is 89.5 Å². The number of aliphatic hydroxyl groups is 1. The molecule has 1 unspecified atom stereocenters. The first-order valence-electron chi connectivity index (χ1n) is 10.8. The number of hydrogen-bond donors (Lipinski definition) is 4. The Bertz CT molecular complexity index is 1160. The van der Waals surface area contributed by atoms with Gasteiger partial charge in [0, 0.05) is 11.6 Å². The monoisotopic (exact) mass is 460 g/mol. The molecular weight excluding hydrogens is 436 g/mol. The maximum Gasteiger partial charge on any atom is 0.411 e. The van der Waals surface area contributed by atoms with Crippen molar-refractivity contribution in [3.8, 4) is 11.1 Å². The van der Waals surface area contributed by atoms with Crippen molar-refractivity contribution in [1.29, 1.82) is 0 Å². The van der Waals surface area contributed by atoms with Crippen LogP contribution in [-0.4, -0.2) is 47.4 Å². The highest BCUT2D eigenvalue weighted by molar-refractivity contribution is 5.86. The van der Waals surface area contributed by atoms with E-state index in [1.54, 1.807) is 24.3 Å². The minimum atomic E-state index is -1.35. The summed E-state index contributed by atoms with van der Waals surface area (Å²) < 4.78 is 5.52. The second-order valence-electron chi connectivity index (χ2n) is 7.97. The number of aliphatic hydroxyl groups excluding tert-OH is 1. The molecule has 0 aromatic heterocycles. The van der Waals surface area contributed by atoms with Crippen molar-refractivity contribution in [2.24, 2.45) is 0 Å². The van der Waals surface area contributed by atoms with Crippen LogP contribution in [0.4, 0.5) is 10.5 Å². The summed E-state index contributed by atoms with van der Waals surface area (Å²) in [5.41, 5.74) is 5.69. The van der Waals surface area contributed by atoms with E-state index in [2.05, 4.69) is 34.9 Å². The lowest BCUT2D eigenvalue weighted by Crippen LogP contribution is -2.43. The highest BCUT2D eigenvalue weighted by Gasteiger charge is 2.29. The maximum atomic E-state index is 12.4. The van der Waals surface area contributed by atoms with Gasteiger partial charge in [0.2, 0.25) is 5.91 Å². The zero-order valence-corrected chi connectivity index (χ0v) is 18.2. The number of anilines is 1. The Balaban J connectivity index is 1.32. The molecule has 0 saturated carbocycles. The molecule has 0 aliphatic heterocycles. The molecule has 4 rings (SSSR count). The Morgan fingerprint density at radius 2 is 1.47 bits per heavy atom. The number of ether oxygens (including phenoxy) is 1. The van der Waals surface area contributed by atoms with Crippen LogP contribution in [0.25, 0.3) is 11.1 Å². The van der Waals surface area contributed by atoms with Crippen LogP contribution in [0.2, 0.25) is 0 Å². The van der Waals surface area contributed by atoms with Crippen LogP contribution in [-0.2, 0) is 20.7 Å². The minimum absolute atomic E-state index is 0.0346. The van der Waals surface area contributed by atoms with Gasteiger partial charge in [-0.1, -0.05) is 60.7 Å². The number of carbonyl (C=O) groups excluding carboxylic acids is 2. The number of aliphatic carboxylic acids is 1. The van der Waals surface area contributed by atoms with Gasteiger partial charge in [-0.05, 0) is 39.9 Å². The molecule has 8 nitrogen and oxygen atoms in total.